The van der Waals surface area contributed by atoms with Gasteiger partial charge in [0.15, 0.2) is 0 Å². The predicted octanol–water partition coefficient (Wildman–Crippen LogP) is 3.75. The number of aryl methyl sites for hydroxylation is 1. The molecule has 2 aromatic rings. The fraction of sp³-hybridized carbons (Fsp3) is 0.263. The summed E-state index contributed by atoms with van der Waals surface area (Å²) in [5, 5.41) is 2.49. The summed E-state index contributed by atoms with van der Waals surface area (Å²) < 4.78 is 52.9. The number of rotatable bonds is 7. The van der Waals surface area contributed by atoms with E-state index < -0.39 is 18.0 Å². The van der Waals surface area contributed by atoms with Crippen LogP contribution < -0.4 is 10.1 Å². The Balaban J connectivity index is 1.79. The lowest BCUT2D eigenvalue weighted by molar-refractivity contribution is -0.274. The first-order chi connectivity index (χ1) is 13.1. The molecule has 150 valence electrons. The summed E-state index contributed by atoms with van der Waals surface area (Å²) in [5.41, 5.74) is 1.07. The van der Waals surface area contributed by atoms with E-state index in [4.69, 9.17) is 0 Å². The van der Waals surface area contributed by atoms with Crippen LogP contribution in [0, 0.1) is 5.82 Å². The zero-order valence-electron chi connectivity index (χ0n) is 14.9. The first kappa shape index (κ1) is 21.2. The normalized spacial score (nSPS) is 11.0. The Morgan fingerprint density at radius 2 is 1.64 bits per heavy atom. The van der Waals surface area contributed by atoms with Crippen LogP contribution in [0.4, 0.5) is 23.2 Å². The summed E-state index contributed by atoms with van der Waals surface area (Å²) in [4.78, 5) is 25.3. The average molecular weight is 398 g/mol. The van der Waals surface area contributed by atoms with Crippen molar-refractivity contribution in [2.75, 3.05) is 18.9 Å². The molecule has 0 fully saturated rings. The predicted molar refractivity (Wildman–Crippen MR) is 94.1 cm³/mol. The van der Waals surface area contributed by atoms with Gasteiger partial charge in [0.05, 0.1) is 6.54 Å². The molecule has 0 aromatic heterocycles. The van der Waals surface area contributed by atoms with Gasteiger partial charge in [0.25, 0.3) is 0 Å². The molecule has 0 heterocycles. The zero-order valence-corrected chi connectivity index (χ0v) is 14.9. The fourth-order valence-corrected chi connectivity index (χ4v) is 2.34. The maximum atomic E-state index is 12.9. The highest BCUT2D eigenvalue weighted by Crippen LogP contribution is 2.23. The van der Waals surface area contributed by atoms with Gasteiger partial charge in [-0.1, -0.05) is 12.1 Å². The molecular formula is C19H18F4N2O3. The van der Waals surface area contributed by atoms with Crippen LogP contribution in [0.2, 0.25) is 0 Å². The SMILES string of the molecule is CN(CC(=O)Nc1ccc(OC(F)(F)F)cc1)C(=O)CCc1ccc(F)cc1. The third-order valence-electron chi connectivity index (χ3n) is 3.72. The summed E-state index contributed by atoms with van der Waals surface area (Å²) in [6.07, 6.45) is -4.23. The minimum atomic E-state index is -4.79. The monoisotopic (exact) mass is 398 g/mol. The molecule has 5 nitrogen and oxygen atoms in total. The van der Waals surface area contributed by atoms with Crippen molar-refractivity contribution in [2.24, 2.45) is 0 Å². The number of carbonyl (C=O) groups is 2. The Labute approximate surface area is 158 Å². The number of alkyl halides is 3. The van der Waals surface area contributed by atoms with Crippen molar-refractivity contribution in [3.05, 3.63) is 59.9 Å². The van der Waals surface area contributed by atoms with E-state index in [1.807, 2.05) is 0 Å². The van der Waals surface area contributed by atoms with Crippen LogP contribution in [0.25, 0.3) is 0 Å². The van der Waals surface area contributed by atoms with Crippen LogP contribution in [0.5, 0.6) is 5.75 Å². The van der Waals surface area contributed by atoms with Crippen LogP contribution >= 0.6 is 0 Å². The molecule has 0 aliphatic heterocycles. The van der Waals surface area contributed by atoms with Gasteiger partial charge in [-0.3, -0.25) is 9.59 Å². The maximum Gasteiger partial charge on any atom is 0.573 e. The van der Waals surface area contributed by atoms with E-state index in [1.54, 1.807) is 12.1 Å². The largest absolute Gasteiger partial charge is 0.573 e. The molecule has 2 rings (SSSR count). The third-order valence-corrected chi connectivity index (χ3v) is 3.72. The van der Waals surface area contributed by atoms with Gasteiger partial charge in [0.1, 0.15) is 11.6 Å². The van der Waals surface area contributed by atoms with Gasteiger partial charge in [-0.05, 0) is 48.4 Å². The molecule has 0 atom stereocenters. The van der Waals surface area contributed by atoms with Gasteiger partial charge in [-0.25, -0.2) is 4.39 Å². The number of benzene rings is 2. The molecule has 28 heavy (non-hydrogen) atoms. The standard InChI is InChI=1S/C19H18F4N2O3/c1-25(18(27)11-4-13-2-5-14(20)6-3-13)12-17(26)24-15-7-9-16(10-8-15)28-19(21,22)23/h2-3,5-10H,4,11-12H2,1H3,(H,24,26). The summed E-state index contributed by atoms with van der Waals surface area (Å²) in [6.45, 7) is -0.219. The van der Waals surface area contributed by atoms with Crippen molar-refractivity contribution in [3.63, 3.8) is 0 Å². The van der Waals surface area contributed by atoms with E-state index in [2.05, 4.69) is 10.1 Å². The van der Waals surface area contributed by atoms with Gasteiger partial charge in [0, 0.05) is 19.2 Å². The van der Waals surface area contributed by atoms with Crippen LogP contribution in [0.1, 0.15) is 12.0 Å². The molecule has 0 bridgehead atoms. The van der Waals surface area contributed by atoms with Gasteiger partial charge >= 0.3 is 6.36 Å². The number of amides is 2. The average Bonchev–Trinajstić information content (AvgIpc) is 2.61. The molecule has 0 aliphatic carbocycles. The Bertz CT molecular complexity index is 805. The van der Waals surface area contributed by atoms with Crippen LogP contribution in [-0.4, -0.2) is 36.7 Å². The van der Waals surface area contributed by atoms with E-state index in [9.17, 15) is 27.2 Å². The highest BCUT2D eigenvalue weighted by Gasteiger charge is 2.30. The minimum absolute atomic E-state index is 0.152. The molecule has 1 N–H and O–H groups in total. The number of ether oxygens (including phenoxy) is 1. The van der Waals surface area contributed by atoms with Gasteiger partial charge in [0.2, 0.25) is 11.8 Å². The quantitative estimate of drug-likeness (QED) is 0.723. The Morgan fingerprint density at radius 1 is 1.04 bits per heavy atom. The van der Waals surface area contributed by atoms with E-state index in [-0.39, 0.29) is 30.4 Å². The van der Waals surface area contributed by atoms with Gasteiger partial charge in [-0.2, -0.15) is 0 Å². The lowest BCUT2D eigenvalue weighted by atomic mass is 10.1. The second-order valence-corrected chi connectivity index (χ2v) is 6.00. The summed E-state index contributed by atoms with van der Waals surface area (Å²) in [5.74, 6) is -1.53. The molecule has 0 unspecified atom stereocenters. The van der Waals surface area contributed by atoms with Crippen molar-refractivity contribution in [3.8, 4) is 5.75 Å². The Kier molecular flexibility index (Phi) is 6.97. The number of halogens is 4. The lowest BCUT2D eigenvalue weighted by Crippen LogP contribution is -2.35. The highest BCUT2D eigenvalue weighted by molar-refractivity contribution is 5.94. The minimum Gasteiger partial charge on any atom is -0.406 e. The molecule has 0 saturated carbocycles. The molecule has 0 spiro atoms. The number of anilines is 1. The second-order valence-electron chi connectivity index (χ2n) is 6.00. The van der Waals surface area contributed by atoms with Crippen molar-refractivity contribution in [1.29, 1.82) is 0 Å². The number of nitrogens with zero attached hydrogens (tertiary/aromatic N) is 1. The van der Waals surface area contributed by atoms with E-state index in [1.165, 1.54) is 36.2 Å². The first-order valence-electron chi connectivity index (χ1n) is 8.26. The molecular weight excluding hydrogens is 380 g/mol. The van der Waals surface area contributed by atoms with Crippen molar-refractivity contribution >= 4 is 17.5 Å². The maximum absolute atomic E-state index is 12.9. The molecule has 0 saturated heterocycles. The first-order valence-corrected chi connectivity index (χ1v) is 8.26. The highest BCUT2D eigenvalue weighted by atomic mass is 19.4. The molecule has 0 aliphatic rings. The van der Waals surface area contributed by atoms with Crippen LogP contribution in [0.15, 0.2) is 48.5 Å². The van der Waals surface area contributed by atoms with E-state index in [0.29, 0.717) is 6.42 Å². The Hall–Kier alpha value is -3.10. The van der Waals surface area contributed by atoms with Gasteiger partial charge < -0.3 is 15.0 Å². The molecule has 2 amide bonds. The molecule has 9 heteroatoms. The van der Waals surface area contributed by atoms with Crippen molar-refractivity contribution in [1.82, 2.24) is 4.90 Å². The third kappa shape index (κ3) is 7.26. The van der Waals surface area contributed by atoms with E-state index in [0.717, 1.165) is 17.7 Å². The molecule has 0 radical (unpaired) electrons. The summed E-state index contributed by atoms with van der Waals surface area (Å²) in [7, 11) is 1.47. The number of hydrogen-bond donors (Lipinski definition) is 1. The van der Waals surface area contributed by atoms with Crippen LogP contribution in [-0.2, 0) is 16.0 Å². The Morgan fingerprint density at radius 3 is 2.21 bits per heavy atom. The van der Waals surface area contributed by atoms with Crippen LogP contribution in [0.3, 0.4) is 0 Å². The molecule has 2 aromatic carbocycles. The number of hydrogen-bond acceptors (Lipinski definition) is 3. The van der Waals surface area contributed by atoms with E-state index >= 15 is 0 Å². The number of nitrogens with one attached hydrogen (secondary N) is 1. The number of carbonyl (C=O) groups excluding carboxylic acids is 2. The second kappa shape index (κ2) is 9.20. The van der Waals surface area contributed by atoms with Gasteiger partial charge in [-0.15, -0.1) is 13.2 Å². The summed E-state index contributed by atoms with van der Waals surface area (Å²) >= 11 is 0. The summed E-state index contributed by atoms with van der Waals surface area (Å²) in [6, 6.07) is 10.4. The fourth-order valence-electron chi connectivity index (χ4n) is 2.34. The van der Waals surface area contributed by atoms with Crippen molar-refractivity contribution in [2.45, 2.75) is 19.2 Å². The topological polar surface area (TPSA) is 58.6 Å². The lowest BCUT2D eigenvalue weighted by Gasteiger charge is -2.17. The smallest absolute Gasteiger partial charge is 0.406 e. The zero-order chi connectivity index (χ0) is 20.7. The number of likely N-dealkylation sites (N-methyl/N-ethyl adjacent to an activating group) is 1. The van der Waals surface area contributed by atoms with Crippen molar-refractivity contribution < 1.29 is 31.9 Å².